The van der Waals surface area contributed by atoms with Gasteiger partial charge in [0.15, 0.2) is 5.96 Å². The fourth-order valence-corrected chi connectivity index (χ4v) is 2.62. The third-order valence-corrected chi connectivity index (χ3v) is 3.65. The first-order chi connectivity index (χ1) is 11.6. The summed E-state index contributed by atoms with van der Waals surface area (Å²) in [5, 5.41) is 5.37. The molecule has 0 saturated carbocycles. The lowest BCUT2D eigenvalue weighted by Crippen LogP contribution is -2.24. The van der Waals surface area contributed by atoms with Gasteiger partial charge < -0.3 is 11.5 Å². The number of aromatic nitrogens is 3. The number of hydrogen-bond donors (Lipinski definition) is 2. The molecular weight excluding hydrogens is 304 g/mol. The molecule has 122 valence electrons. The summed E-state index contributed by atoms with van der Waals surface area (Å²) in [5.74, 6) is -0.737. The lowest BCUT2D eigenvalue weighted by atomic mass is 10.1. The van der Waals surface area contributed by atoms with E-state index in [0.29, 0.717) is 12.0 Å². The van der Waals surface area contributed by atoms with E-state index in [0.717, 1.165) is 28.7 Å². The summed E-state index contributed by atoms with van der Waals surface area (Å²) in [5.41, 5.74) is 13.6. The maximum Gasteiger partial charge on any atom is 0.283 e. The van der Waals surface area contributed by atoms with Crippen molar-refractivity contribution in [3.05, 3.63) is 54.0 Å². The third-order valence-electron chi connectivity index (χ3n) is 3.65. The number of rotatable bonds is 4. The van der Waals surface area contributed by atoms with Crippen molar-refractivity contribution in [3.63, 3.8) is 0 Å². The van der Waals surface area contributed by atoms with E-state index in [1.165, 1.54) is 6.20 Å². The molecule has 0 atom stereocenters. The van der Waals surface area contributed by atoms with Gasteiger partial charge in [-0.15, -0.1) is 0 Å². The smallest absolute Gasteiger partial charge is 0.283 e. The fourth-order valence-electron chi connectivity index (χ4n) is 2.62. The first-order valence-corrected chi connectivity index (χ1v) is 7.66. The minimum atomic E-state index is -0.479. The average Bonchev–Trinajstić information content (AvgIpc) is 2.98. The van der Waals surface area contributed by atoms with Crippen molar-refractivity contribution in [2.24, 2.45) is 16.5 Å². The molecule has 0 saturated heterocycles. The van der Waals surface area contributed by atoms with Crippen LogP contribution >= 0.6 is 0 Å². The maximum atomic E-state index is 12.2. The molecule has 3 aromatic rings. The summed E-state index contributed by atoms with van der Waals surface area (Å²) >= 11 is 0. The van der Waals surface area contributed by atoms with Gasteiger partial charge in [0.2, 0.25) is 0 Å². The first kappa shape index (κ1) is 15.7. The van der Waals surface area contributed by atoms with E-state index in [1.54, 1.807) is 10.9 Å². The minimum absolute atomic E-state index is 0.257. The van der Waals surface area contributed by atoms with Crippen molar-refractivity contribution in [2.75, 3.05) is 0 Å². The van der Waals surface area contributed by atoms with Crippen molar-refractivity contribution in [2.45, 2.75) is 19.8 Å². The summed E-state index contributed by atoms with van der Waals surface area (Å²) in [6.07, 6.45) is 4.81. The first-order valence-electron chi connectivity index (χ1n) is 7.66. The summed E-state index contributed by atoms with van der Waals surface area (Å²) in [7, 11) is 0. The number of nitrogens with zero attached hydrogens (tertiary/aromatic N) is 4. The number of fused-ring (bicyclic) bond motifs is 1. The lowest BCUT2D eigenvalue weighted by Gasteiger charge is -2.09. The molecule has 2 aromatic heterocycles. The molecular formula is C17H18N6O. The van der Waals surface area contributed by atoms with Crippen LogP contribution < -0.4 is 11.5 Å². The van der Waals surface area contributed by atoms with E-state index in [-0.39, 0.29) is 5.96 Å². The van der Waals surface area contributed by atoms with Crippen LogP contribution in [0.5, 0.6) is 0 Å². The van der Waals surface area contributed by atoms with Crippen LogP contribution in [-0.4, -0.2) is 26.6 Å². The summed E-state index contributed by atoms with van der Waals surface area (Å²) in [6, 6.07) is 9.72. The highest BCUT2D eigenvalue weighted by molar-refractivity contribution is 6.02. The minimum Gasteiger partial charge on any atom is -0.370 e. The van der Waals surface area contributed by atoms with Gasteiger partial charge in [-0.3, -0.25) is 9.78 Å². The topological polar surface area (TPSA) is 112 Å². The Balaban J connectivity index is 2.10. The van der Waals surface area contributed by atoms with Gasteiger partial charge in [-0.1, -0.05) is 19.4 Å². The highest BCUT2D eigenvalue weighted by atomic mass is 16.1. The van der Waals surface area contributed by atoms with Crippen molar-refractivity contribution in [1.29, 1.82) is 0 Å². The van der Waals surface area contributed by atoms with E-state index in [9.17, 15) is 4.79 Å². The Morgan fingerprint density at radius 3 is 2.88 bits per heavy atom. The summed E-state index contributed by atoms with van der Waals surface area (Å²) < 4.78 is 1.76. The molecule has 2 heterocycles. The number of amides is 1. The molecule has 0 aliphatic rings. The average molecular weight is 322 g/mol. The Morgan fingerprint density at radius 2 is 2.12 bits per heavy atom. The van der Waals surface area contributed by atoms with E-state index in [1.807, 2.05) is 37.3 Å². The van der Waals surface area contributed by atoms with Gasteiger partial charge in [-0.2, -0.15) is 10.1 Å². The van der Waals surface area contributed by atoms with Crippen LogP contribution in [0, 0.1) is 0 Å². The molecule has 0 spiro atoms. The van der Waals surface area contributed by atoms with Gasteiger partial charge in [0.25, 0.3) is 5.91 Å². The second kappa shape index (κ2) is 6.49. The SMILES string of the molecule is CCCc1c(C(=O)N=C(N)N)cnn1-c1ccc2ncccc2c1. The Labute approximate surface area is 139 Å². The standard InChI is InChI=1S/C17H18N6O/c1-2-4-15-13(16(24)22-17(18)19)10-21-23(15)12-6-7-14-11(9-12)5-3-8-20-14/h3,5-10H,2,4H2,1H3,(H4,18,19,22,24). The third kappa shape index (κ3) is 2.96. The summed E-state index contributed by atoms with van der Waals surface area (Å²) in [6.45, 7) is 2.04. The van der Waals surface area contributed by atoms with Crippen molar-refractivity contribution < 1.29 is 4.79 Å². The van der Waals surface area contributed by atoms with E-state index >= 15 is 0 Å². The van der Waals surface area contributed by atoms with E-state index in [2.05, 4.69) is 15.1 Å². The molecule has 1 amide bonds. The summed E-state index contributed by atoms with van der Waals surface area (Å²) in [4.78, 5) is 20.1. The second-order valence-electron chi connectivity index (χ2n) is 5.39. The molecule has 24 heavy (non-hydrogen) atoms. The molecule has 0 unspecified atom stereocenters. The molecule has 7 nitrogen and oxygen atoms in total. The molecule has 1 aromatic carbocycles. The Bertz CT molecular complexity index is 924. The zero-order valence-corrected chi connectivity index (χ0v) is 13.3. The Hall–Kier alpha value is -3.22. The lowest BCUT2D eigenvalue weighted by molar-refractivity contribution is 0.100. The molecule has 0 radical (unpaired) electrons. The number of hydrogen-bond acceptors (Lipinski definition) is 3. The Morgan fingerprint density at radius 1 is 1.29 bits per heavy atom. The second-order valence-corrected chi connectivity index (χ2v) is 5.39. The van der Waals surface area contributed by atoms with Crippen LogP contribution in [0.2, 0.25) is 0 Å². The highest BCUT2D eigenvalue weighted by Crippen LogP contribution is 2.21. The molecule has 0 bridgehead atoms. The quantitative estimate of drug-likeness (QED) is 0.561. The van der Waals surface area contributed by atoms with E-state index in [4.69, 9.17) is 11.5 Å². The maximum absolute atomic E-state index is 12.2. The molecule has 0 fully saturated rings. The molecule has 4 N–H and O–H groups in total. The van der Waals surface area contributed by atoms with Gasteiger partial charge >= 0.3 is 0 Å². The van der Waals surface area contributed by atoms with E-state index < -0.39 is 5.91 Å². The fraction of sp³-hybridized carbons (Fsp3) is 0.176. The number of guanidine groups is 1. The molecule has 3 rings (SSSR count). The number of carbonyl (C=O) groups is 1. The number of benzene rings is 1. The van der Waals surface area contributed by atoms with Crippen molar-refractivity contribution in [3.8, 4) is 5.69 Å². The number of nitrogens with two attached hydrogens (primary N) is 2. The van der Waals surface area contributed by atoms with Gasteiger partial charge in [-0.05, 0) is 30.7 Å². The Kier molecular flexibility index (Phi) is 4.24. The van der Waals surface area contributed by atoms with Crippen LogP contribution in [0.3, 0.4) is 0 Å². The predicted molar refractivity (Wildman–Crippen MR) is 93.0 cm³/mol. The van der Waals surface area contributed by atoms with Crippen LogP contribution in [0.15, 0.2) is 47.7 Å². The van der Waals surface area contributed by atoms with Gasteiger partial charge in [0.1, 0.15) is 0 Å². The predicted octanol–water partition coefficient (Wildman–Crippen LogP) is 1.79. The van der Waals surface area contributed by atoms with Crippen LogP contribution in [-0.2, 0) is 6.42 Å². The van der Waals surface area contributed by atoms with Gasteiger partial charge in [-0.25, -0.2) is 4.68 Å². The number of pyridine rings is 1. The highest BCUT2D eigenvalue weighted by Gasteiger charge is 2.18. The molecule has 0 aliphatic carbocycles. The van der Waals surface area contributed by atoms with Crippen molar-refractivity contribution >= 4 is 22.8 Å². The van der Waals surface area contributed by atoms with Crippen LogP contribution in [0.25, 0.3) is 16.6 Å². The van der Waals surface area contributed by atoms with Crippen LogP contribution in [0.4, 0.5) is 0 Å². The zero-order valence-electron chi connectivity index (χ0n) is 13.3. The zero-order chi connectivity index (χ0) is 17.1. The van der Waals surface area contributed by atoms with Gasteiger partial charge in [0.05, 0.1) is 28.7 Å². The molecule has 0 aliphatic heterocycles. The molecule has 7 heteroatoms. The normalized spacial score (nSPS) is 10.7. The van der Waals surface area contributed by atoms with Gasteiger partial charge in [0, 0.05) is 11.6 Å². The van der Waals surface area contributed by atoms with Crippen LogP contribution in [0.1, 0.15) is 29.4 Å². The number of carbonyl (C=O) groups excluding carboxylic acids is 1. The van der Waals surface area contributed by atoms with Crippen molar-refractivity contribution in [1.82, 2.24) is 14.8 Å². The number of aliphatic imine (C=N–C) groups is 1. The largest absolute Gasteiger partial charge is 0.370 e. The monoisotopic (exact) mass is 322 g/mol.